The van der Waals surface area contributed by atoms with E-state index in [0.29, 0.717) is 6.54 Å². The van der Waals surface area contributed by atoms with Crippen molar-refractivity contribution in [2.45, 2.75) is 40.0 Å². The average Bonchev–Trinajstić information content (AvgIpc) is 2.49. The Bertz CT molecular complexity index is 633. The molecular weight excluding hydrogens is 270 g/mol. The molecule has 1 amide bonds. The molecule has 0 heterocycles. The van der Waals surface area contributed by atoms with Gasteiger partial charge in [-0.2, -0.15) is 0 Å². The van der Waals surface area contributed by atoms with Crippen LogP contribution in [0.3, 0.4) is 0 Å². The summed E-state index contributed by atoms with van der Waals surface area (Å²) in [6, 6.07) is 16.0. The first kappa shape index (κ1) is 16.3. The maximum Gasteiger partial charge on any atom is 0.258 e. The van der Waals surface area contributed by atoms with Gasteiger partial charge in [-0.05, 0) is 49.1 Å². The summed E-state index contributed by atoms with van der Waals surface area (Å²) in [5.41, 5.74) is 4.21. The predicted molar refractivity (Wildman–Crippen MR) is 93.7 cm³/mol. The van der Waals surface area contributed by atoms with Gasteiger partial charge in [-0.25, -0.2) is 0 Å². The third-order valence-electron chi connectivity index (χ3n) is 3.90. The van der Waals surface area contributed by atoms with E-state index in [-0.39, 0.29) is 11.3 Å². The molecule has 0 saturated heterocycles. The van der Waals surface area contributed by atoms with Gasteiger partial charge < -0.3 is 4.90 Å². The smallest absolute Gasteiger partial charge is 0.258 e. The first-order valence-corrected chi connectivity index (χ1v) is 7.82. The molecule has 0 aliphatic heterocycles. The molecule has 0 fully saturated rings. The van der Waals surface area contributed by atoms with Gasteiger partial charge >= 0.3 is 0 Å². The zero-order valence-electron chi connectivity index (χ0n) is 14.2. The van der Waals surface area contributed by atoms with E-state index in [1.165, 1.54) is 11.1 Å². The highest BCUT2D eigenvalue weighted by atomic mass is 16.2. The van der Waals surface area contributed by atoms with E-state index in [2.05, 4.69) is 32.9 Å². The number of anilines is 1. The summed E-state index contributed by atoms with van der Waals surface area (Å²) in [5.74, 6) is 0.0480. The lowest BCUT2D eigenvalue weighted by Crippen LogP contribution is -2.30. The lowest BCUT2D eigenvalue weighted by Gasteiger charge is -2.23. The predicted octanol–water partition coefficient (Wildman–Crippen LogP) is 4.96. The molecule has 22 heavy (non-hydrogen) atoms. The summed E-state index contributed by atoms with van der Waals surface area (Å²) in [6.07, 6.45) is 0. The highest BCUT2D eigenvalue weighted by molar-refractivity contribution is 6.06. The highest BCUT2D eigenvalue weighted by Crippen LogP contribution is 2.23. The fourth-order valence-corrected chi connectivity index (χ4v) is 2.44. The van der Waals surface area contributed by atoms with E-state index >= 15 is 0 Å². The minimum Gasteiger partial charge on any atom is -0.309 e. The van der Waals surface area contributed by atoms with Crippen molar-refractivity contribution < 1.29 is 4.79 Å². The number of benzene rings is 2. The van der Waals surface area contributed by atoms with Crippen LogP contribution in [0.5, 0.6) is 0 Å². The summed E-state index contributed by atoms with van der Waals surface area (Å²) in [5, 5.41) is 0. The van der Waals surface area contributed by atoms with Crippen molar-refractivity contribution in [3.63, 3.8) is 0 Å². The van der Waals surface area contributed by atoms with E-state index in [4.69, 9.17) is 0 Å². The Hall–Kier alpha value is -2.09. The van der Waals surface area contributed by atoms with Crippen molar-refractivity contribution in [3.05, 3.63) is 65.2 Å². The Morgan fingerprint density at radius 2 is 1.50 bits per heavy atom. The molecular formula is C20H25NO. The molecule has 0 atom stereocenters. The number of nitrogens with zero attached hydrogens (tertiary/aromatic N) is 1. The van der Waals surface area contributed by atoms with Crippen LogP contribution in [0.4, 0.5) is 5.69 Å². The van der Waals surface area contributed by atoms with Gasteiger partial charge in [-0.3, -0.25) is 4.79 Å². The van der Waals surface area contributed by atoms with Crippen LogP contribution >= 0.6 is 0 Å². The van der Waals surface area contributed by atoms with Crippen LogP contribution in [0, 0.1) is 6.92 Å². The lowest BCUT2D eigenvalue weighted by molar-refractivity contribution is 0.0988. The van der Waals surface area contributed by atoms with Crippen LogP contribution in [-0.4, -0.2) is 12.5 Å². The number of aryl methyl sites for hydroxylation is 1. The Kier molecular flexibility index (Phi) is 4.70. The molecule has 0 bridgehead atoms. The quantitative estimate of drug-likeness (QED) is 0.783. The van der Waals surface area contributed by atoms with E-state index in [1.54, 1.807) is 0 Å². The summed E-state index contributed by atoms with van der Waals surface area (Å²) in [7, 11) is 0. The van der Waals surface area contributed by atoms with Crippen molar-refractivity contribution >= 4 is 11.6 Å². The first-order valence-electron chi connectivity index (χ1n) is 7.82. The molecule has 0 unspecified atom stereocenters. The maximum absolute atomic E-state index is 12.7. The normalized spacial score (nSPS) is 11.3. The summed E-state index contributed by atoms with van der Waals surface area (Å²) in [4.78, 5) is 14.6. The van der Waals surface area contributed by atoms with E-state index in [0.717, 1.165) is 11.3 Å². The minimum atomic E-state index is 0.0480. The average molecular weight is 295 g/mol. The number of hydrogen-bond donors (Lipinski definition) is 0. The van der Waals surface area contributed by atoms with Gasteiger partial charge in [0.2, 0.25) is 0 Å². The Labute approximate surface area is 133 Å². The fraction of sp³-hybridized carbons (Fsp3) is 0.350. The monoisotopic (exact) mass is 295 g/mol. The second-order valence-corrected chi connectivity index (χ2v) is 6.71. The maximum atomic E-state index is 12.7. The fourth-order valence-electron chi connectivity index (χ4n) is 2.44. The number of carbonyl (C=O) groups excluding carboxylic acids is 1. The number of rotatable bonds is 3. The molecule has 2 heteroatoms. The molecule has 0 spiro atoms. The second-order valence-electron chi connectivity index (χ2n) is 6.71. The van der Waals surface area contributed by atoms with Crippen LogP contribution in [0.25, 0.3) is 0 Å². The third kappa shape index (κ3) is 3.56. The van der Waals surface area contributed by atoms with Crippen molar-refractivity contribution in [3.8, 4) is 0 Å². The third-order valence-corrected chi connectivity index (χ3v) is 3.90. The van der Waals surface area contributed by atoms with Crippen LogP contribution in [0.1, 0.15) is 49.2 Å². The van der Waals surface area contributed by atoms with Gasteiger partial charge in [-0.1, -0.05) is 50.6 Å². The highest BCUT2D eigenvalue weighted by Gasteiger charge is 2.18. The summed E-state index contributed by atoms with van der Waals surface area (Å²) in [6.45, 7) is 11.2. The topological polar surface area (TPSA) is 20.3 Å². The standard InChI is InChI=1S/C20H25NO/c1-6-21(18-13-7-15(2)8-14-18)19(22)16-9-11-17(12-10-16)20(3,4)5/h7-14H,6H2,1-5H3. The van der Waals surface area contributed by atoms with Gasteiger partial charge in [0.05, 0.1) is 0 Å². The molecule has 2 aromatic carbocycles. The molecule has 116 valence electrons. The Morgan fingerprint density at radius 1 is 0.955 bits per heavy atom. The second kappa shape index (κ2) is 6.35. The summed E-state index contributed by atoms with van der Waals surface area (Å²) < 4.78 is 0. The van der Waals surface area contributed by atoms with Crippen LogP contribution in [0.15, 0.2) is 48.5 Å². The molecule has 2 rings (SSSR count). The molecule has 0 aliphatic carbocycles. The summed E-state index contributed by atoms with van der Waals surface area (Å²) >= 11 is 0. The van der Waals surface area contributed by atoms with E-state index in [9.17, 15) is 4.79 Å². The molecule has 0 N–H and O–H groups in total. The minimum absolute atomic E-state index is 0.0480. The van der Waals surface area contributed by atoms with Crippen molar-refractivity contribution in [1.82, 2.24) is 0 Å². The molecule has 0 aliphatic rings. The Balaban J connectivity index is 2.27. The van der Waals surface area contributed by atoms with Gasteiger partial charge in [0.15, 0.2) is 0 Å². The zero-order chi connectivity index (χ0) is 16.3. The molecule has 0 radical (unpaired) electrons. The van der Waals surface area contributed by atoms with Crippen molar-refractivity contribution in [1.29, 1.82) is 0 Å². The number of hydrogen-bond acceptors (Lipinski definition) is 1. The molecule has 2 aromatic rings. The van der Waals surface area contributed by atoms with Gasteiger partial charge in [0.25, 0.3) is 5.91 Å². The van der Waals surface area contributed by atoms with Crippen LogP contribution in [0.2, 0.25) is 0 Å². The zero-order valence-corrected chi connectivity index (χ0v) is 14.2. The van der Waals surface area contributed by atoms with Crippen LogP contribution in [-0.2, 0) is 5.41 Å². The van der Waals surface area contributed by atoms with Crippen LogP contribution < -0.4 is 4.90 Å². The molecule has 0 aromatic heterocycles. The van der Waals surface area contributed by atoms with Gasteiger partial charge in [0, 0.05) is 17.8 Å². The van der Waals surface area contributed by atoms with E-state index in [1.807, 2.05) is 55.1 Å². The first-order chi connectivity index (χ1) is 10.3. The van der Waals surface area contributed by atoms with E-state index < -0.39 is 0 Å². The largest absolute Gasteiger partial charge is 0.309 e. The van der Waals surface area contributed by atoms with Gasteiger partial charge in [0.1, 0.15) is 0 Å². The number of carbonyl (C=O) groups is 1. The molecule has 2 nitrogen and oxygen atoms in total. The lowest BCUT2D eigenvalue weighted by atomic mass is 9.86. The van der Waals surface area contributed by atoms with Crippen molar-refractivity contribution in [2.75, 3.05) is 11.4 Å². The number of amides is 1. The molecule has 0 saturated carbocycles. The van der Waals surface area contributed by atoms with Gasteiger partial charge in [-0.15, -0.1) is 0 Å². The van der Waals surface area contributed by atoms with Crippen molar-refractivity contribution in [2.24, 2.45) is 0 Å². The SMILES string of the molecule is CCN(C(=O)c1ccc(C(C)(C)C)cc1)c1ccc(C)cc1. The Morgan fingerprint density at radius 3 is 1.95 bits per heavy atom.